The van der Waals surface area contributed by atoms with Crippen LogP contribution >= 0.6 is 0 Å². The fraction of sp³-hybridized carbons (Fsp3) is 1.00. The van der Waals surface area contributed by atoms with E-state index in [1.807, 2.05) is 0 Å². The van der Waals surface area contributed by atoms with Crippen LogP contribution in [0.2, 0.25) is 0 Å². The average molecular weight is 226 g/mol. The normalized spacial score (nSPS) is 21.4. The maximum atomic E-state index is 6.40. The van der Waals surface area contributed by atoms with Crippen molar-refractivity contribution in [2.45, 2.75) is 71.9 Å². The van der Waals surface area contributed by atoms with Crippen LogP contribution in [0.5, 0.6) is 0 Å². The predicted octanol–water partition coefficient (Wildman–Crippen LogP) is 3.01. The summed E-state index contributed by atoms with van der Waals surface area (Å²) in [5, 5.41) is 0. The molecule has 0 bridgehead atoms. The molecule has 1 aliphatic heterocycles. The molecule has 0 saturated carbocycles. The Bertz CT molecular complexity index is 209. The molecule has 1 heterocycles. The second-order valence-corrected chi connectivity index (χ2v) is 7.05. The van der Waals surface area contributed by atoms with Gasteiger partial charge in [0.2, 0.25) is 0 Å². The standard InChI is InChI=1S/C14H30N2/c1-13(2,3)9-8-12(15)14(4,5)16-10-6-7-11-16/h12H,6-11,15H2,1-5H3. The molecular formula is C14H30N2. The van der Waals surface area contributed by atoms with Gasteiger partial charge in [0.15, 0.2) is 0 Å². The summed E-state index contributed by atoms with van der Waals surface area (Å²) < 4.78 is 0. The molecule has 2 heteroatoms. The van der Waals surface area contributed by atoms with Crippen LogP contribution in [-0.4, -0.2) is 29.6 Å². The van der Waals surface area contributed by atoms with Gasteiger partial charge in [0.1, 0.15) is 0 Å². The Kier molecular flexibility index (Phi) is 4.42. The van der Waals surface area contributed by atoms with Crippen LogP contribution in [0, 0.1) is 5.41 Å². The van der Waals surface area contributed by atoms with Crippen molar-refractivity contribution in [2.24, 2.45) is 11.1 Å². The minimum Gasteiger partial charge on any atom is -0.326 e. The molecule has 1 rings (SSSR count). The minimum atomic E-state index is 0.168. The molecule has 0 aromatic heterocycles. The number of hydrogen-bond donors (Lipinski definition) is 1. The topological polar surface area (TPSA) is 29.3 Å². The first-order valence-corrected chi connectivity index (χ1v) is 6.74. The van der Waals surface area contributed by atoms with Crippen molar-refractivity contribution < 1.29 is 0 Å². The van der Waals surface area contributed by atoms with Gasteiger partial charge in [-0.3, -0.25) is 4.90 Å². The molecule has 1 fully saturated rings. The zero-order chi connectivity index (χ0) is 12.4. The Morgan fingerprint density at radius 3 is 2.00 bits per heavy atom. The summed E-state index contributed by atoms with van der Waals surface area (Å²) in [6, 6.07) is 0.296. The summed E-state index contributed by atoms with van der Waals surface area (Å²) >= 11 is 0. The van der Waals surface area contributed by atoms with Crippen molar-refractivity contribution in [3.63, 3.8) is 0 Å². The van der Waals surface area contributed by atoms with Gasteiger partial charge in [-0.15, -0.1) is 0 Å². The van der Waals surface area contributed by atoms with Gasteiger partial charge in [0, 0.05) is 11.6 Å². The van der Waals surface area contributed by atoms with Gasteiger partial charge >= 0.3 is 0 Å². The zero-order valence-electron chi connectivity index (χ0n) is 11.8. The van der Waals surface area contributed by atoms with E-state index in [9.17, 15) is 0 Å². The predicted molar refractivity (Wildman–Crippen MR) is 71.6 cm³/mol. The van der Waals surface area contributed by atoms with Gasteiger partial charge in [0.25, 0.3) is 0 Å². The first kappa shape index (κ1) is 14.0. The second-order valence-electron chi connectivity index (χ2n) is 7.05. The Morgan fingerprint density at radius 1 is 1.06 bits per heavy atom. The highest BCUT2D eigenvalue weighted by Crippen LogP contribution is 2.28. The van der Waals surface area contributed by atoms with Crippen LogP contribution < -0.4 is 5.73 Å². The lowest BCUT2D eigenvalue weighted by Crippen LogP contribution is -2.55. The third-order valence-electron chi connectivity index (χ3n) is 4.03. The zero-order valence-corrected chi connectivity index (χ0v) is 11.8. The Morgan fingerprint density at radius 2 is 1.56 bits per heavy atom. The minimum absolute atomic E-state index is 0.168. The fourth-order valence-electron chi connectivity index (χ4n) is 2.47. The van der Waals surface area contributed by atoms with Crippen LogP contribution in [-0.2, 0) is 0 Å². The quantitative estimate of drug-likeness (QED) is 0.798. The molecule has 0 aromatic rings. The molecule has 96 valence electrons. The van der Waals surface area contributed by atoms with Gasteiger partial charge in [-0.05, 0) is 58.0 Å². The van der Waals surface area contributed by atoms with Crippen molar-refractivity contribution in [3.8, 4) is 0 Å². The maximum Gasteiger partial charge on any atom is 0.0304 e. The van der Waals surface area contributed by atoms with Crippen LogP contribution in [0.4, 0.5) is 0 Å². The summed E-state index contributed by atoms with van der Waals surface area (Å²) in [6.45, 7) is 14.0. The van der Waals surface area contributed by atoms with Crippen LogP contribution in [0.15, 0.2) is 0 Å². The monoisotopic (exact) mass is 226 g/mol. The second kappa shape index (κ2) is 5.05. The van der Waals surface area contributed by atoms with E-state index in [-0.39, 0.29) is 5.54 Å². The SMILES string of the molecule is CC(C)(C)CCC(N)C(C)(C)N1CCCC1. The summed E-state index contributed by atoms with van der Waals surface area (Å²) in [6.07, 6.45) is 5.03. The van der Waals surface area contributed by atoms with Gasteiger partial charge in [-0.25, -0.2) is 0 Å². The number of rotatable bonds is 4. The number of nitrogens with zero attached hydrogens (tertiary/aromatic N) is 1. The average Bonchev–Trinajstić information content (AvgIpc) is 2.65. The van der Waals surface area contributed by atoms with Crippen molar-refractivity contribution in [1.82, 2.24) is 4.90 Å². The first-order chi connectivity index (χ1) is 7.23. The lowest BCUT2D eigenvalue weighted by Gasteiger charge is -2.41. The van der Waals surface area contributed by atoms with Gasteiger partial charge in [-0.2, -0.15) is 0 Å². The first-order valence-electron chi connectivity index (χ1n) is 6.74. The van der Waals surface area contributed by atoms with Crippen LogP contribution in [0.1, 0.15) is 60.3 Å². The van der Waals surface area contributed by atoms with E-state index in [0.717, 1.165) is 6.42 Å². The third kappa shape index (κ3) is 3.74. The van der Waals surface area contributed by atoms with Gasteiger partial charge in [-0.1, -0.05) is 20.8 Å². The van der Waals surface area contributed by atoms with E-state index in [1.165, 1.54) is 32.4 Å². The molecule has 0 aromatic carbocycles. The van der Waals surface area contributed by atoms with E-state index in [4.69, 9.17) is 5.73 Å². The molecule has 1 saturated heterocycles. The van der Waals surface area contributed by atoms with E-state index in [2.05, 4.69) is 39.5 Å². The van der Waals surface area contributed by atoms with Gasteiger partial charge < -0.3 is 5.73 Å². The summed E-state index contributed by atoms with van der Waals surface area (Å²) in [4.78, 5) is 2.57. The summed E-state index contributed by atoms with van der Waals surface area (Å²) in [7, 11) is 0. The van der Waals surface area contributed by atoms with Crippen molar-refractivity contribution in [3.05, 3.63) is 0 Å². The largest absolute Gasteiger partial charge is 0.326 e. The molecule has 0 radical (unpaired) electrons. The molecule has 1 unspecified atom stereocenters. The van der Waals surface area contributed by atoms with Gasteiger partial charge in [0.05, 0.1) is 0 Å². The van der Waals surface area contributed by atoms with E-state index in [1.54, 1.807) is 0 Å². The fourth-order valence-corrected chi connectivity index (χ4v) is 2.47. The Labute approximate surface area is 102 Å². The van der Waals surface area contributed by atoms with E-state index in [0.29, 0.717) is 11.5 Å². The maximum absolute atomic E-state index is 6.40. The third-order valence-corrected chi connectivity index (χ3v) is 4.03. The Balaban J connectivity index is 2.47. The molecule has 1 aliphatic rings. The highest BCUT2D eigenvalue weighted by molar-refractivity contribution is 4.93. The molecule has 0 spiro atoms. The van der Waals surface area contributed by atoms with E-state index < -0.39 is 0 Å². The van der Waals surface area contributed by atoms with Crippen molar-refractivity contribution in [2.75, 3.05) is 13.1 Å². The smallest absolute Gasteiger partial charge is 0.0304 e. The van der Waals surface area contributed by atoms with Crippen molar-refractivity contribution >= 4 is 0 Å². The molecule has 2 nitrogen and oxygen atoms in total. The lowest BCUT2D eigenvalue weighted by atomic mass is 9.83. The van der Waals surface area contributed by atoms with Crippen LogP contribution in [0.3, 0.4) is 0 Å². The summed E-state index contributed by atoms with van der Waals surface area (Å²) in [5.74, 6) is 0. The molecule has 0 aliphatic carbocycles. The number of likely N-dealkylation sites (tertiary alicyclic amines) is 1. The Hall–Kier alpha value is -0.0800. The molecular weight excluding hydrogens is 196 g/mol. The lowest BCUT2D eigenvalue weighted by molar-refractivity contribution is 0.114. The van der Waals surface area contributed by atoms with Crippen molar-refractivity contribution in [1.29, 1.82) is 0 Å². The summed E-state index contributed by atoms with van der Waals surface area (Å²) in [5.41, 5.74) is 6.97. The molecule has 2 N–H and O–H groups in total. The number of nitrogens with two attached hydrogens (primary N) is 1. The molecule has 0 amide bonds. The highest BCUT2D eigenvalue weighted by atomic mass is 15.2. The van der Waals surface area contributed by atoms with Crippen LogP contribution in [0.25, 0.3) is 0 Å². The molecule has 1 atom stereocenters. The number of hydrogen-bond acceptors (Lipinski definition) is 2. The molecule has 16 heavy (non-hydrogen) atoms. The van der Waals surface area contributed by atoms with E-state index >= 15 is 0 Å². The highest BCUT2D eigenvalue weighted by Gasteiger charge is 2.34.